The van der Waals surface area contributed by atoms with Gasteiger partial charge in [0.1, 0.15) is 0 Å². The molecule has 0 fully saturated rings. The maximum atomic E-state index is 9.37. The van der Waals surface area contributed by atoms with E-state index in [-0.39, 0.29) is 0 Å². The van der Waals surface area contributed by atoms with Gasteiger partial charge in [-0.25, -0.2) is 16.8 Å². The van der Waals surface area contributed by atoms with Crippen LogP contribution in [0.5, 0.6) is 0 Å². The first-order chi connectivity index (χ1) is 12.4. The van der Waals surface area contributed by atoms with Gasteiger partial charge in [0, 0.05) is 0 Å². The monoisotopic (exact) mass is 444 g/mol. The van der Waals surface area contributed by atoms with Crippen LogP contribution < -0.4 is 0 Å². The number of hydrogen-bond acceptors (Lipinski definition) is 8. The molecule has 12 heteroatoms. The number of quaternary nitrogens is 2. The van der Waals surface area contributed by atoms with Crippen molar-refractivity contribution in [3.8, 4) is 0 Å². The Morgan fingerprint density at radius 3 is 0.929 bits per heavy atom. The Balaban J connectivity index is -0.000000336. The fourth-order valence-electron chi connectivity index (χ4n) is 1.62. The molecule has 166 valence electrons. The van der Waals surface area contributed by atoms with Crippen molar-refractivity contribution in [1.29, 1.82) is 0 Å². The number of rotatable bonds is 11. The Hall–Kier alpha value is -1.38. The van der Waals surface area contributed by atoms with Crippen molar-refractivity contribution in [1.82, 2.24) is 0 Å². The van der Waals surface area contributed by atoms with Gasteiger partial charge in [0.05, 0.1) is 54.4 Å². The second-order valence-corrected chi connectivity index (χ2v) is 8.61. The van der Waals surface area contributed by atoms with Gasteiger partial charge >= 0.3 is 0 Å². The Kier molecular flexibility index (Phi) is 16.3. The van der Waals surface area contributed by atoms with E-state index in [1.54, 1.807) is 0 Å². The van der Waals surface area contributed by atoms with E-state index in [4.69, 9.17) is 0 Å². The fraction of sp³-hybridized carbons (Fsp3) is 0.500. The van der Waals surface area contributed by atoms with Crippen LogP contribution in [-0.2, 0) is 29.5 Å². The molecule has 0 atom stereocenters. The second-order valence-electron chi connectivity index (χ2n) is 6.71. The summed E-state index contributed by atoms with van der Waals surface area (Å²) in [6.45, 7) is 18.7. The number of likely N-dealkylation sites (N-methyl/N-ethyl adjacent to an activating group) is 2. The summed E-state index contributed by atoms with van der Waals surface area (Å²) in [5.74, 6) is 0. The van der Waals surface area contributed by atoms with Gasteiger partial charge < -0.3 is 18.1 Å². The van der Waals surface area contributed by atoms with Gasteiger partial charge in [-0.1, -0.05) is 26.3 Å². The molecular formula is C16H32N2O8S2. The molecular weight excluding hydrogens is 412 g/mol. The van der Waals surface area contributed by atoms with E-state index in [1.807, 2.05) is 24.3 Å². The predicted octanol–water partition coefficient (Wildman–Crippen LogP) is 0.725. The minimum absolute atomic E-state index is 0.951. The molecule has 0 heterocycles. The first-order valence-electron chi connectivity index (χ1n) is 7.82. The highest BCUT2D eigenvalue weighted by Crippen LogP contribution is 1.96. The van der Waals surface area contributed by atoms with Crippen molar-refractivity contribution in [2.24, 2.45) is 0 Å². The van der Waals surface area contributed by atoms with Crippen LogP contribution in [0.3, 0.4) is 0 Å². The van der Waals surface area contributed by atoms with Crippen molar-refractivity contribution in [3.63, 3.8) is 0 Å². The molecule has 0 aromatic carbocycles. The molecule has 10 nitrogen and oxygen atoms in total. The lowest BCUT2D eigenvalue weighted by Gasteiger charge is -2.26. The average molecular weight is 445 g/mol. The maximum absolute atomic E-state index is 9.37. The van der Waals surface area contributed by atoms with Gasteiger partial charge in [-0.05, 0) is 24.3 Å². The lowest BCUT2D eigenvalue weighted by Crippen LogP contribution is -2.39. The molecule has 0 bridgehead atoms. The fourth-order valence-corrected chi connectivity index (χ4v) is 2.16. The van der Waals surface area contributed by atoms with Gasteiger partial charge in [0.2, 0.25) is 20.8 Å². The van der Waals surface area contributed by atoms with Gasteiger partial charge in [0.15, 0.2) is 0 Å². The predicted molar refractivity (Wildman–Crippen MR) is 106 cm³/mol. The molecule has 0 aliphatic carbocycles. The third-order valence-electron chi connectivity index (χ3n) is 2.69. The summed E-state index contributed by atoms with van der Waals surface area (Å²) in [5.41, 5.74) is 0. The van der Waals surface area contributed by atoms with Gasteiger partial charge in [-0.15, -0.1) is 8.67 Å². The van der Waals surface area contributed by atoms with Crippen LogP contribution in [0.25, 0.3) is 0 Å². The topological polar surface area (TPSA) is 133 Å². The summed E-state index contributed by atoms with van der Waals surface area (Å²) in [4.78, 5) is 0. The highest BCUT2D eigenvalue weighted by molar-refractivity contribution is 7.83. The quantitative estimate of drug-likeness (QED) is 0.114. The molecule has 0 aliphatic heterocycles. The summed E-state index contributed by atoms with van der Waals surface area (Å²) in [6.07, 6.45) is 7.74. The summed E-state index contributed by atoms with van der Waals surface area (Å²) >= 11 is 0. The smallest absolute Gasteiger partial charge is 0.246 e. The molecule has 0 unspecified atom stereocenters. The Morgan fingerprint density at radius 1 is 0.643 bits per heavy atom. The highest BCUT2D eigenvalue weighted by atomic mass is 32.3. The third kappa shape index (κ3) is 29.4. The van der Waals surface area contributed by atoms with Crippen molar-refractivity contribution in [2.75, 3.05) is 54.4 Å². The molecule has 0 saturated heterocycles. The van der Waals surface area contributed by atoms with Crippen LogP contribution in [0.4, 0.5) is 0 Å². The van der Waals surface area contributed by atoms with Gasteiger partial charge in [-0.2, -0.15) is 0 Å². The first-order valence-corrected chi connectivity index (χ1v) is 10.5. The highest BCUT2D eigenvalue weighted by Gasteiger charge is 2.08. The summed E-state index contributed by atoms with van der Waals surface area (Å²) in [7, 11) is -1.99. The van der Waals surface area contributed by atoms with Crippen molar-refractivity contribution in [2.45, 2.75) is 0 Å². The van der Waals surface area contributed by atoms with E-state index in [2.05, 4.69) is 63.2 Å². The van der Waals surface area contributed by atoms with Crippen molar-refractivity contribution in [3.05, 3.63) is 50.6 Å². The molecule has 0 saturated carbocycles. The molecule has 0 radical (unpaired) electrons. The SMILES string of the molecule is C=CC[N+](C)(C)CC=C.C=CC[N+](C)(C)CC=C.O=S(=O)([O-])OOS(=O)(=O)[O-]. The molecule has 0 spiro atoms. The maximum Gasteiger partial charge on any atom is 0.246 e. The minimum atomic E-state index is -5.31. The van der Waals surface area contributed by atoms with Crippen LogP contribution in [0.15, 0.2) is 50.6 Å². The van der Waals surface area contributed by atoms with Crippen molar-refractivity contribution < 1.29 is 43.6 Å². The first kappa shape index (κ1) is 31.3. The van der Waals surface area contributed by atoms with Crippen LogP contribution in [0.1, 0.15) is 0 Å². The minimum Gasteiger partial charge on any atom is -0.724 e. The molecule has 0 amide bonds. The standard InChI is InChI=1S/2C8H16N.H2O8S2/c2*1-5-7-9(3,4)8-6-2;1-9(2,3)7-8-10(4,5)6/h2*5-6H,1-2,7-8H2,3-4H3;(H,1,2,3)(H,4,5,6)/q2*+1;/p-2. The second kappa shape index (κ2) is 14.6. The van der Waals surface area contributed by atoms with E-state index in [0.29, 0.717) is 0 Å². The van der Waals surface area contributed by atoms with Crippen molar-refractivity contribution >= 4 is 20.8 Å². The average Bonchev–Trinajstić information content (AvgIpc) is 2.45. The lowest BCUT2D eigenvalue weighted by atomic mass is 10.4. The Labute approximate surface area is 169 Å². The summed E-state index contributed by atoms with van der Waals surface area (Å²) < 4.78 is 63.4. The van der Waals surface area contributed by atoms with E-state index < -0.39 is 20.8 Å². The number of nitrogens with zero attached hydrogens (tertiary/aromatic N) is 2. The lowest BCUT2D eigenvalue weighted by molar-refractivity contribution is -0.878. The molecule has 0 aromatic rings. The van der Waals surface area contributed by atoms with Crippen LogP contribution in [-0.4, -0.2) is 89.3 Å². The Morgan fingerprint density at radius 2 is 0.821 bits per heavy atom. The summed E-state index contributed by atoms with van der Waals surface area (Å²) in [6, 6.07) is 0. The molecule has 0 rings (SSSR count). The van der Waals surface area contributed by atoms with Gasteiger partial charge in [0.25, 0.3) is 0 Å². The Bertz CT molecular complexity index is 599. The van der Waals surface area contributed by atoms with E-state index in [0.717, 1.165) is 35.1 Å². The summed E-state index contributed by atoms with van der Waals surface area (Å²) in [5, 5.41) is 0. The van der Waals surface area contributed by atoms with E-state index in [9.17, 15) is 25.9 Å². The van der Waals surface area contributed by atoms with E-state index >= 15 is 0 Å². The zero-order valence-electron chi connectivity index (χ0n) is 16.9. The third-order valence-corrected chi connectivity index (χ3v) is 3.24. The van der Waals surface area contributed by atoms with Crippen LogP contribution in [0.2, 0.25) is 0 Å². The molecule has 0 aliphatic rings. The van der Waals surface area contributed by atoms with E-state index in [1.165, 1.54) is 0 Å². The van der Waals surface area contributed by atoms with Crippen LogP contribution in [0, 0.1) is 0 Å². The zero-order valence-corrected chi connectivity index (χ0v) is 18.6. The number of hydrogen-bond donors (Lipinski definition) is 0. The molecule has 28 heavy (non-hydrogen) atoms. The van der Waals surface area contributed by atoms with Crippen LogP contribution >= 0.6 is 0 Å². The van der Waals surface area contributed by atoms with Gasteiger partial charge in [-0.3, -0.25) is 0 Å². The normalized spacial score (nSPS) is 11.8. The zero-order chi connectivity index (χ0) is 23.1. The molecule has 0 N–H and O–H groups in total. The largest absolute Gasteiger partial charge is 0.724 e. The molecule has 0 aromatic heterocycles.